The van der Waals surface area contributed by atoms with Gasteiger partial charge in [0, 0.05) is 66.3 Å². The van der Waals surface area contributed by atoms with E-state index in [0.29, 0.717) is 57.2 Å². The number of aliphatic carboxylic acids is 1. The molecule has 29 heteroatoms. The molecule has 10 atom stereocenters. The maximum atomic E-state index is 13.9. The molecule has 14 rings (SSSR count). The number of benzene rings is 4. The number of ether oxygens (including phenoxy) is 2. The largest absolute Gasteiger partial charge is 0.480 e. The van der Waals surface area contributed by atoms with Gasteiger partial charge >= 0.3 is 18.2 Å². The van der Waals surface area contributed by atoms with Crippen LogP contribution in [-0.2, 0) is 68.0 Å². The van der Waals surface area contributed by atoms with Crippen LogP contribution in [0.3, 0.4) is 0 Å². The first-order valence-electron chi connectivity index (χ1n) is 30.6. The van der Waals surface area contributed by atoms with Gasteiger partial charge in [-0.15, -0.1) is 13.2 Å². The molecule has 0 aromatic heterocycles. The second kappa shape index (κ2) is 25.5. The molecule has 0 radical (unpaired) electrons. The van der Waals surface area contributed by atoms with E-state index >= 15 is 0 Å². The van der Waals surface area contributed by atoms with Crippen molar-refractivity contribution >= 4 is 79.2 Å². The molecule has 0 unspecified atom stereocenters. The summed E-state index contributed by atoms with van der Waals surface area (Å²) in [6.07, 6.45) is 4.11. The highest BCUT2D eigenvalue weighted by molar-refractivity contribution is 7.91. The van der Waals surface area contributed by atoms with E-state index in [-0.39, 0.29) is 57.0 Å². The van der Waals surface area contributed by atoms with Gasteiger partial charge < -0.3 is 55.7 Å². The summed E-state index contributed by atoms with van der Waals surface area (Å²) >= 11 is 0. The molecule has 4 aliphatic heterocycles. The number of hydrogen-bond acceptors (Lipinski definition) is 19. The van der Waals surface area contributed by atoms with Crippen molar-refractivity contribution in [2.45, 2.75) is 122 Å². The van der Waals surface area contributed by atoms with Crippen LogP contribution in [0.2, 0.25) is 0 Å². The van der Waals surface area contributed by atoms with Crippen LogP contribution in [0, 0.1) is 11.8 Å². The Morgan fingerprint density at radius 1 is 0.570 bits per heavy atom. The summed E-state index contributed by atoms with van der Waals surface area (Å²) in [7, 11) is -7.58. The fourth-order valence-electron chi connectivity index (χ4n) is 12.5. The van der Waals surface area contributed by atoms with Crippen LogP contribution in [0.25, 0.3) is 22.3 Å². The minimum atomic E-state index is -3.86. The minimum absolute atomic E-state index is 0.00956. The van der Waals surface area contributed by atoms with Gasteiger partial charge in [-0.05, 0) is 60.8 Å². The SMILES string of the molecule is C=C[C@@H]1C[C@]1(NC(=O)[C@@H]1C[C@@H](ON=C2c3ccccc3-c3ccccc32)CN1)C(=O)NS(=O)(=O)C1CC1.C=C[C@@H]1C[C@]1(NC(=O)[C@@H]1C[C@@H](ON=C2c3ccccc3-c3ccccc32)CN1C(=O)[C@@H]1CCOC(=O)N1)C(=O)NS(=O)(=O)C1CC1.O=C1N[C@H](C(=O)O)CCO1. The quantitative estimate of drug-likeness (QED) is 0.0453. The number of amides is 7. The van der Waals surface area contributed by atoms with Gasteiger partial charge in [-0.2, -0.15) is 0 Å². The molecule has 8 N–H and O–H groups in total. The molecular weight excluding hydrogens is 1240 g/mol. The second-order valence-electron chi connectivity index (χ2n) is 24.4. The van der Waals surface area contributed by atoms with Crippen LogP contribution in [0.4, 0.5) is 9.59 Å². The van der Waals surface area contributed by atoms with Crippen molar-refractivity contribution in [1.29, 1.82) is 0 Å². The Bertz CT molecular complexity index is 3960. The first-order chi connectivity index (χ1) is 44.6. The summed E-state index contributed by atoms with van der Waals surface area (Å²) in [4.78, 5) is 113. The van der Waals surface area contributed by atoms with Gasteiger partial charge in [-0.1, -0.05) is 120 Å². The molecule has 0 spiro atoms. The van der Waals surface area contributed by atoms with Crippen molar-refractivity contribution in [2.75, 3.05) is 26.3 Å². The van der Waals surface area contributed by atoms with Crippen molar-refractivity contribution in [2.24, 2.45) is 22.1 Å². The number of oxime groups is 2. The van der Waals surface area contributed by atoms with E-state index in [1.54, 1.807) is 6.08 Å². The number of alkyl carbamates (subject to hydrolysis) is 2. The number of cyclic esters (lactones) is 2. The first-order valence-corrected chi connectivity index (χ1v) is 33.7. The minimum Gasteiger partial charge on any atom is -0.480 e. The number of carboxylic acids is 1. The number of rotatable bonds is 18. The Morgan fingerprint density at radius 3 is 1.38 bits per heavy atom. The Kier molecular flexibility index (Phi) is 17.5. The number of hydrogen-bond donors (Lipinski definition) is 8. The van der Waals surface area contributed by atoms with Gasteiger partial charge in [-0.25, -0.2) is 31.2 Å². The molecule has 488 valence electrons. The van der Waals surface area contributed by atoms with Crippen molar-refractivity contribution in [3.63, 3.8) is 0 Å². The summed E-state index contributed by atoms with van der Waals surface area (Å²) in [5, 5.41) is 29.6. The van der Waals surface area contributed by atoms with Gasteiger partial charge in [0.2, 0.25) is 37.8 Å². The number of nitrogens with zero attached hydrogens (tertiary/aromatic N) is 3. The van der Waals surface area contributed by atoms with E-state index in [4.69, 9.17) is 19.5 Å². The lowest BCUT2D eigenvalue weighted by Gasteiger charge is -2.31. The standard InChI is InChI=1S/C32H33N5O8S.C27H28N4O5S.C5H7NO4/c1-2-18-16-32(18,30(40)36-46(42,43)20-11-12-20)34-28(38)26-15-19(17-37(26)29(39)25-13-14-44-31(41)33-25)45-35-27-23-9-5-3-7-21(23)22-8-4-6-10-24(22)27;1-2-16-14-27(16,26(33)31-37(34,35)18-11-12-18)29-25(32)23-13-17(15-28-23)36-30-24-21-9-5-3-7-19(21)20-8-4-6-10-22(20)24;7-4(8)3-1-2-10-5(9)6-3/h2-10,18-20,25-26H,1,11-17H2,(H,33,41)(H,34,38)(H,36,40);2-10,16-18,23,28H,1,11-15H2,(H,29,32)(H,31,33);3H,1-2H2,(H,6,9)(H,7,8)/t18-,19-,25+,26+,32-;16-,17-,23+,27-;3-/m110/s1. The predicted molar refractivity (Wildman–Crippen MR) is 333 cm³/mol. The predicted octanol–water partition coefficient (Wildman–Crippen LogP) is 2.98. The summed E-state index contributed by atoms with van der Waals surface area (Å²) in [6.45, 7) is 8.09. The van der Waals surface area contributed by atoms with E-state index in [1.807, 2.05) is 84.9 Å². The molecule has 27 nitrogen and oxygen atoms in total. The summed E-state index contributed by atoms with van der Waals surface area (Å²) in [5.41, 5.74) is 6.63. The third kappa shape index (κ3) is 13.2. The van der Waals surface area contributed by atoms with Gasteiger partial charge in [0.25, 0.3) is 11.8 Å². The number of fused-ring (bicyclic) bond motifs is 6. The maximum absolute atomic E-state index is 13.9. The van der Waals surface area contributed by atoms with Crippen LogP contribution in [0.15, 0.2) is 133 Å². The lowest BCUT2D eigenvalue weighted by molar-refractivity contribution is -0.141. The third-order valence-electron chi connectivity index (χ3n) is 18.1. The molecule has 0 bridgehead atoms. The van der Waals surface area contributed by atoms with E-state index < -0.39 is 120 Å². The molecule has 10 aliphatic rings. The molecule has 8 fully saturated rings. The average molecular weight is 1310 g/mol. The third-order valence-corrected chi connectivity index (χ3v) is 21.7. The topological polar surface area (TPSA) is 374 Å². The van der Waals surface area contributed by atoms with Crippen molar-refractivity contribution in [1.82, 2.24) is 40.9 Å². The summed E-state index contributed by atoms with van der Waals surface area (Å²) in [6, 6.07) is 28.3. The number of likely N-dealkylation sites (tertiary alicyclic amines) is 1. The molecule has 93 heavy (non-hydrogen) atoms. The average Bonchev–Trinajstić information content (AvgIpc) is 1.58. The van der Waals surface area contributed by atoms with Crippen molar-refractivity contribution in [3.8, 4) is 22.3 Å². The molecule has 7 amide bonds. The number of carboxylic acid groups (broad SMARTS) is 1. The molecule has 6 aliphatic carbocycles. The Morgan fingerprint density at radius 2 is 0.978 bits per heavy atom. The molecule has 4 aromatic carbocycles. The Balaban J connectivity index is 0.000000158. The van der Waals surface area contributed by atoms with Gasteiger partial charge in [0.05, 0.1) is 36.3 Å². The summed E-state index contributed by atoms with van der Waals surface area (Å²) < 4.78 is 63.3. The number of sulfonamides is 2. The highest BCUT2D eigenvalue weighted by atomic mass is 32.2. The highest BCUT2D eigenvalue weighted by Gasteiger charge is 2.63. The Labute approximate surface area is 534 Å². The van der Waals surface area contributed by atoms with Gasteiger partial charge in [0.1, 0.15) is 52.8 Å². The van der Waals surface area contributed by atoms with Crippen LogP contribution in [0.5, 0.6) is 0 Å². The van der Waals surface area contributed by atoms with E-state index in [2.05, 4.69) is 76.4 Å². The molecular formula is C64H68N10O17S2. The highest BCUT2D eigenvalue weighted by Crippen LogP contribution is 2.47. The number of carbonyl (C=O) groups excluding carboxylic acids is 7. The van der Waals surface area contributed by atoms with Gasteiger partial charge in [-0.3, -0.25) is 33.4 Å². The monoisotopic (exact) mass is 1310 g/mol. The van der Waals surface area contributed by atoms with Crippen LogP contribution >= 0.6 is 0 Å². The zero-order valence-electron chi connectivity index (χ0n) is 50.1. The van der Waals surface area contributed by atoms with Crippen LogP contribution in [0.1, 0.15) is 86.5 Å². The number of nitrogens with one attached hydrogen (secondary N) is 7. The van der Waals surface area contributed by atoms with E-state index in [1.165, 1.54) is 11.0 Å². The Hall–Kier alpha value is -9.48. The molecule has 4 aromatic rings. The van der Waals surface area contributed by atoms with Gasteiger partial charge in [0.15, 0.2) is 0 Å². The zero-order chi connectivity index (χ0) is 65.6. The fourth-order valence-corrected chi connectivity index (χ4v) is 15.2. The smallest absolute Gasteiger partial charge is 0.407 e. The van der Waals surface area contributed by atoms with Crippen molar-refractivity contribution < 1.29 is 79.4 Å². The maximum Gasteiger partial charge on any atom is 0.407 e. The fraction of sp³-hybridized carbons (Fsp3) is 0.406. The lowest BCUT2D eigenvalue weighted by Crippen LogP contribution is -2.59. The molecule has 4 saturated heterocycles. The lowest BCUT2D eigenvalue weighted by atomic mass is 10.1. The van der Waals surface area contributed by atoms with Crippen LogP contribution in [-0.4, -0.2) is 170 Å². The summed E-state index contributed by atoms with van der Waals surface area (Å²) in [5.74, 6) is -4.89. The first kappa shape index (κ1) is 63.7. The normalized spacial score (nSPS) is 27.4. The molecule has 4 heterocycles. The number of carbonyl (C=O) groups is 8. The second-order valence-corrected chi connectivity index (χ2v) is 28.3. The van der Waals surface area contributed by atoms with E-state index in [0.717, 1.165) is 50.2 Å². The zero-order valence-corrected chi connectivity index (χ0v) is 51.7. The van der Waals surface area contributed by atoms with Crippen LogP contribution < -0.4 is 36.0 Å². The van der Waals surface area contributed by atoms with E-state index in [9.17, 15) is 55.2 Å². The molecule has 4 saturated carbocycles. The van der Waals surface area contributed by atoms with Crippen molar-refractivity contribution in [3.05, 3.63) is 145 Å².